The zero-order valence-corrected chi connectivity index (χ0v) is 10.5. The molecule has 0 saturated heterocycles. The number of hydrogen-bond acceptors (Lipinski definition) is 6. The smallest absolute Gasteiger partial charge is 0.413 e. The third-order valence-electron chi connectivity index (χ3n) is 2.06. The summed E-state index contributed by atoms with van der Waals surface area (Å²) in [6.45, 7) is 3.56. The van der Waals surface area contributed by atoms with Crippen LogP contribution in [0.15, 0.2) is 0 Å². The van der Waals surface area contributed by atoms with Crippen molar-refractivity contribution in [2.24, 2.45) is 0 Å². The molecule has 0 heterocycles. The van der Waals surface area contributed by atoms with Gasteiger partial charge in [-0.2, -0.15) is 0 Å². The molecule has 0 saturated carbocycles. The minimum Gasteiger partial charge on any atom is -0.468 e. The van der Waals surface area contributed by atoms with Crippen LogP contribution in [0.2, 0.25) is 0 Å². The van der Waals surface area contributed by atoms with Gasteiger partial charge in [0.1, 0.15) is 0 Å². The Kier molecular flexibility index (Phi) is 6.88. The van der Waals surface area contributed by atoms with E-state index in [1.54, 1.807) is 4.90 Å². The Bertz CT molecular complexity index is 290. The number of nitrogens with zero attached hydrogens (tertiary/aromatic N) is 1. The maximum absolute atomic E-state index is 11.4. The van der Waals surface area contributed by atoms with Gasteiger partial charge in [0.15, 0.2) is 0 Å². The Hall–Kier alpha value is -1.63. The van der Waals surface area contributed by atoms with Gasteiger partial charge in [-0.15, -0.1) is 0 Å². The van der Waals surface area contributed by atoms with E-state index in [2.05, 4.69) is 9.47 Å². The summed E-state index contributed by atoms with van der Waals surface area (Å²) >= 11 is 0. The zero-order chi connectivity index (χ0) is 13.4. The van der Waals surface area contributed by atoms with Crippen LogP contribution in [0.1, 0.15) is 13.8 Å². The fourth-order valence-electron chi connectivity index (χ4n) is 1.04. The number of alkyl carbamates (subject to hydrolysis) is 1. The molecule has 0 fully saturated rings. The molecular weight excluding hydrogens is 228 g/mol. The molecule has 0 bridgehead atoms. The van der Waals surface area contributed by atoms with Gasteiger partial charge in [-0.05, 0) is 13.8 Å². The standard InChI is InChI=1S/C10H18N2O5/c1-7(2)12(6-9(14)16-3)5-8(13)11-10(15)17-4/h7H,5-6H2,1-4H3,(H,11,13,15). The van der Waals surface area contributed by atoms with E-state index in [1.807, 2.05) is 19.2 Å². The number of esters is 1. The van der Waals surface area contributed by atoms with Crippen molar-refractivity contribution in [2.75, 3.05) is 27.3 Å². The highest BCUT2D eigenvalue weighted by Gasteiger charge is 2.18. The molecule has 0 aliphatic carbocycles. The van der Waals surface area contributed by atoms with E-state index in [0.29, 0.717) is 0 Å². The van der Waals surface area contributed by atoms with Crippen LogP contribution in [0.5, 0.6) is 0 Å². The molecule has 0 spiro atoms. The molecule has 0 radical (unpaired) electrons. The van der Waals surface area contributed by atoms with Gasteiger partial charge in [-0.1, -0.05) is 0 Å². The second-order valence-electron chi connectivity index (χ2n) is 3.61. The third kappa shape index (κ3) is 6.52. The van der Waals surface area contributed by atoms with E-state index in [4.69, 9.17) is 0 Å². The lowest BCUT2D eigenvalue weighted by Gasteiger charge is -2.23. The number of carbonyl (C=O) groups is 3. The molecule has 0 aromatic rings. The van der Waals surface area contributed by atoms with Crippen LogP contribution in [0.3, 0.4) is 0 Å². The number of hydrogen-bond donors (Lipinski definition) is 1. The number of methoxy groups -OCH3 is 2. The Morgan fingerprint density at radius 3 is 2.12 bits per heavy atom. The lowest BCUT2D eigenvalue weighted by Crippen LogP contribution is -2.45. The van der Waals surface area contributed by atoms with E-state index in [0.717, 1.165) is 7.11 Å². The van der Waals surface area contributed by atoms with Crippen LogP contribution in [0.4, 0.5) is 4.79 Å². The predicted octanol–water partition coefficient (Wildman–Crippen LogP) is -0.248. The fourth-order valence-corrected chi connectivity index (χ4v) is 1.04. The molecule has 1 N–H and O–H groups in total. The van der Waals surface area contributed by atoms with Crippen molar-refractivity contribution in [1.82, 2.24) is 10.2 Å². The number of ether oxygens (including phenoxy) is 2. The number of imide groups is 1. The summed E-state index contributed by atoms with van der Waals surface area (Å²) in [7, 11) is 2.44. The van der Waals surface area contributed by atoms with Crippen molar-refractivity contribution in [1.29, 1.82) is 0 Å². The molecule has 2 amide bonds. The van der Waals surface area contributed by atoms with Crippen LogP contribution >= 0.6 is 0 Å². The monoisotopic (exact) mass is 246 g/mol. The first kappa shape index (κ1) is 15.4. The molecule has 98 valence electrons. The molecular formula is C10H18N2O5. The summed E-state index contributed by atoms with van der Waals surface area (Å²) in [6, 6.07) is -0.0301. The summed E-state index contributed by atoms with van der Waals surface area (Å²) in [6.07, 6.45) is -0.822. The highest BCUT2D eigenvalue weighted by molar-refractivity contribution is 5.93. The molecule has 0 aromatic heterocycles. The quantitative estimate of drug-likeness (QED) is 0.673. The second-order valence-corrected chi connectivity index (χ2v) is 3.61. The molecule has 0 aromatic carbocycles. The average Bonchev–Trinajstić information content (AvgIpc) is 2.27. The molecule has 0 atom stereocenters. The molecule has 17 heavy (non-hydrogen) atoms. The number of nitrogens with one attached hydrogen (secondary N) is 1. The first-order valence-corrected chi connectivity index (χ1v) is 5.09. The van der Waals surface area contributed by atoms with E-state index in [-0.39, 0.29) is 19.1 Å². The van der Waals surface area contributed by atoms with Crippen LogP contribution < -0.4 is 5.32 Å². The van der Waals surface area contributed by atoms with Crippen LogP contribution in [0.25, 0.3) is 0 Å². The van der Waals surface area contributed by atoms with Crippen molar-refractivity contribution in [3.8, 4) is 0 Å². The highest BCUT2D eigenvalue weighted by Crippen LogP contribution is 1.98. The van der Waals surface area contributed by atoms with Crippen molar-refractivity contribution in [2.45, 2.75) is 19.9 Å². The molecule has 7 nitrogen and oxygen atoms in total. The zero-order valence-electron chi connectivity index (χ0n) is 10.5. The van der Waals surface area contributed by atoms with Gasteiger partial charge in [0.25, 0.3) is 0 Å². The van der Waals surface area contributed by atoms with E-state index in [1.165, 1.54) is 7.11 Å². The van der Waals surface area contributed by atoms with Crippen molar-refractivity contribution >= 4 is 18.0 Å². The summed E-state index contributed by atoms with van der Waals surface area (Å²) in [4.78, 5) is 34.9. The second kappa shape index (κ2) is 7.61. The van der Waals surface area contributed by atoms with Crippen LogP contribution in [-0.2, 0) is 19.1 Å². The maximum atomic E-state index is 11.4. The summed E-state index contributed by atoms with van der Waals surface area (Å²) in [5.41, 5.74) is 0. The molecule has 7 heteroatoms. The predicted molar refractivity (Wildman–Crippen MR) is 59.3 cm³/mol. The molecule has 0 aliphatic rings. The molecule has 0 aliphatic heterocycles. The minimum atomic E-state index is -0.822. The first-order chi connectivity index (χ1) is 7.90. The van der Waals surface area contributed by atoms with Crippen LogP contribution in [0, 0.1) is 0 Å². The number of rotatable bonds is 5. The summed E-state index contributed by atoms with van der Waals surface area (Å²) in [5.74, 6) is -0.973. The van der Waals surface area contributed by atoms with Gasteiger partial charge in [-0.3, -0.25) is 19.8 Å². The van der Waals surface area contributed by atoms with Crippen molar-refractivity contribution < 1.29 is 23.9 Å². The van der Waals surface area contributed by atoms with Gasteiger partial charge in [-0.25, -0.2) is 4.79 Å². The summed E-state index contributed by atoms with van der Waals surface area (Å²) < 4.78 is 8.79. The minimum absolute atomic E-state index is 0.0112. The largest absolute Gasteiger partial charge is 0.468 e. The molecule has 0 rings (SSSR count). The number of carbonyl (C=O) groups excluding carboxylic acids is 3. The Morgan fingerprint density at radius 2 is 1.71 bits per heavy atom. The highest BCUT2D eigenvalue weighted by atomic mass is 16.5. The van der Waals surface area contributed by atoms with Crippen molar-refractivity contribution in [3.63, 3.8) is 0 Å². The molecule has 0 unspecified atom stereocenters. The van der Waals surface area contributed by atoms with Gasteiger partial charge in [0, 0.05) is 6.04 Å². The average molecular weight is 246 g/mol. The lowest BCUT2D eigenvalue weighted by atomic mass is 10.3. The normalized spacial score (nSPS) is 10.2. The van der Waals surface area contributed by atoms with E-state index >= 15 is 0 Å². The Morgan fingerprint density at radius 1 is 1.12 bits per heavy atom. The van der Waals surface area contributed by atoms with E-state index < -0.39 is 18.0 Å². The SMILES string of the molecule is COC(=O)CN(CC(=O)NC(=O)OC)C(C)C. The lowest BCUT2D eigenvalue weighted by molar-refractivity contribution is -0.142. The van der Waals surface area contributed by atoms with Gasteiger partial charge < -0.3 is 9.47 Å². The topological polar surface area (TPSA) is 84.9 Å². The fraction of sp³-hybridized carbons (Fsp3) is 0.700. The maximum Gasteiger partial charge on any atom is 0.413 e. The van der Waals surface area contributed by atoms with Crippen LogP contribution in [-0.4, -0.2) is 56.2 Å². The first-order valence-electron chi connectivity index (χ1n) is 5.09. The van der Waals surface area contributed by atoms with Gasteiger partial charge in [0.2, 0.25) is 5.91 Å². The number of amides is 2. The Labute approximate surface area is 100 Å². The summed E-state index contributed by atoms with van der Waals surface area (Å²) in [5, 5.41) is 2.01. The van der Waals surface area contributed by atoms with Gasteiger partial charge >= 0.3 is 12.1 Å². The van der Waals surface area contributed by atoms with Crippen molar-refractivity contribution in [3.05, 3.63) is 0 Å². The third-order valence-corrected chi connectivity index (χ3v) is 2.06. The Balaban J connectivity index is 4.30. The van der Waals surface area contributed by atoms with Gasteiger partial charge in [0.05, 0.1) is 27.3 Å². The van der Waals surface area contributed by atoms with E-state index in [9.17, 15) is 14.4 Å².